The lowest BCUT2D eigenvalue weighted by atomic mass is 9.84. The zero-order valence-corrected chi connectivity index (χ0v) is 13.0. The van der Waals surface area contributed by atoms with Crippen molar-refractivity contribution >= 4 is 5.78 Å². The number of benzene rings is 1. The lowest BCUT2D eigenvalue weighted by Gasteiger charge is -2.27. The van der Waals surface area contributed by atoms with E-state index in [0.717, 1.165) is 31.8 Å². The number of hydrogen-bond acceptors (Lipinski definition) is 2. The molecule has 2 nitrogen and oxygen atoms in total. The summed E-state index contributed by atoms with van der Waals surface area (Å²) < 4.78 is 0. The minimum atomic E-state index is 0.499. The number of ketones is 1. The molecule has 0 amide bonds. The van der Waals surface area contributed by atoms with Crippen molar-refractivity contribution in [3.63, 3.8) is 0 Å². The predicted octanol–water partition coefficient (Wildman–Crippen LogP) is 4.19. The van der Waals surface area contributed by atoms with Gasteiger partial charge in [-0.15, -0.1) is 0 Å². The molecule has 1 saturated heterocycles. The summed E-state index contributed by atoms with van der Waals surface area (Å²) in [7, 11) is 0. The van der Waals surface area contributed by atoms with E-state index >= 15 is 0 Å². The predicted molar refractivity (Wildman–Crippen MR) is 86.1 cm³/mol. The second-order valence-electron chi connectivity index (χ2n) is 6.83. The summed E-state index contributed by atoms with van der Waals surface area (Å²) >= 11 is 0. The Balaban J connectivity index is 1.49. The number of rotatable bonds is 5. The van der Waals surface area contributed by atoms with Crippen molar-refractivity contribution < 1.29 is 4.79 Å². The molecular weight excluding hydrogens is 258 g/mol. The van der Waals surface area contributed by atoms with Crippen LogP contribution in [-0.2, 0) is 11.3 Å². The van der Waals surface area contributed by atoms with E-state index in [2.05, 4.69) is 35.2 Å². The highest BCUT2D eigenvalue weighted by Crippen LogP contribution is 2.30. The fourth-order valence-electron chi connectivity index (χ4n) is 4.04. The van der Waals surface area contributed by atoms with Gasteiger partial charge in [-0.3, -0.25) is 9.69 Å². The third kappa shape index (κ3) is 4.16. The summed E-state index contributed by atoms with van der Waals surface area (Å²) in [6.45, 7) is 2.33. The Morgan fingerprint density at radius 1 is 1.05 bits per heavy atom. The zero-order chi connectivity index (χ0) is 14.5. The molecule has 0 unspecified atom stereocenters. The van der Waals surface area contributed by atoms with Gasteiger partial charge >= 0.3 is 0 Å². The molecule has 1 saturated carbocycles. The van der Waals surface area contributed by atoms with E-state index in [1.165, 1.54) is 44.2 Å². The van der Waals surface area contributed by atoms with E-state index in [1.807, 2.05) is 0 Å². The number of likely N-dealkylation sites (tertiary alicyclic amines) is 1. The summed E-state index contributed by atoms with van der Waals surface area (Å²) in [6, 6.07) is 11.6. The van der Waals surface area contributed by atoms with Crippen LogP contribution in [0.4, 0.5) is 0 Å². The third-order valence-electron chi connectivity index (χ3n) is 5.22. The maximum absolute atomic E-state index is 11.6. The van der Waals surface area contributed by atoms with Crippen LogP contribution in [0.15, 0.2) is 30.3 Å². The Morgan fingerprint density at radius 2 is 1.90 bits per heavy atom. The molecule has 0 spiro atoms. The lowest BCUT2D eigenvalue weighted by Crippen LogP contribution is -2.29. The number of nitrogens with zero attached hydrogens (tertiary/aromatic N) is 1. The molecule has 0 bridgehead atoms. The first kappa shape index (κ1) is 14.8. The van der Waals surface area contributed by atoms with E-state index in [-0.39, 0.29) is 0 Å². The van der Waals surface area contributed by atoms with Crippen LogP contribution >= 0.6 is 0 Å². The van der Waals surface area contributed by atoms with Crippen molar-refractivity contribution in [3.05, 3.63) is 35.9 Å². The van der Waals surface area contributed by atoms with Crippen LogP contribution in [0.1, 0.15) is 56.9 Å². The molecule has 1 aliphatic heterocycles. The fourth-order valence-corrected chi connectivity index (χ4v) is 4.04. The Bertz CT molecular complexity index is 456. The van der Waals surface area contributed by atoms with Crippen LogP contribution in [-0.4, -0.2) is 23.3 Å². The van der Waals surface area contributed by atoms with Crippen LogP contribution in [0.3, 0.4) is 0 Å². The maximum Gasteiger partial charge on any atom is 0.133 e. The molecule has 1 aliphatic carbocycles. The zero-order valence-electron chi connectivity index (χ0n) is 13.0. The van der Waals surface area contributed by atoms with E-state index in [1.54, 1.807) is 0 Å². The Morgan fingerprint density at radius 3 is 2.71 bits per heavy atom. The van der Waals surface area contributed by atoms with E-state index in [9.17, 15) is 4.79 Å². The van der Waals surface area contributed by atoms with Crippen molar-refractivity contribution in [3.8, 4) is 0 Å². The van der Waals surface area contributed by atoms with Gasteiger partial charge < -0.3 is 0 Å². The molecular formula is C19H27NO. The van der Waals surface area contributed by atoms with Gasteiger partial charge in [-0.1, -0.05) is 30.3 Å². The van der Waals surface area contributed by atoms with Crippen LogP contribution < -0.4 is 0 Å². The SMILES string of the molecule is O=C1CCC[C@@H](CC[C@@H]2CCCN2Cc2ccccc2)C1. The molecule has 2 fully saturated rings. The average Bonchev–Trinajstić information content (AvgIpc) is 2.93. The second-order valence-corrected chi connectivity index (χ2v) is 6.83. The van der Waals surface area contributed by atoms with Gasteiger partial charge in [0, 0.05) is 25.4 Å². The molecule has 0 N–H and O–H groups in total. The van der Waals surface area contributed by atoms with Crippen LogP contribution in [0.25, 0.3) is 0 Å². The summed E-state index contributed by atoms with van der Waals surface area (Å²) in [5.41, 5.74) is 1.43. The first-order valence-corrected chi connectivity index (χ1v) is 8.61. The minimum absolute atomic E-state index is 0.499. The number of carbonyl (C=O) groups excluding carboxylic acids is 1. The third-order valence-corrected chi connectivity index (χ3v) is 5.22. The Labute approximate surface area is 128 Å². The normalized spacial score (nSPS) is 27.1. The Kier molecular flexibility index (Phi) is 5.08. The fraction of sp³-hybridized carbons (Fsp3) is 0.632. The molecule has 1 aromatic carbocycles. The first-order valence-electron chi connectivity index (χ1n) is 8.61. The largest absolute Gasteiger partial charge is 0.300 e. The van der Waals surface area contributed by atoms with Gasteiger partial charge in [-0.2, -0.15) is 0 Å². The summed E-state index contributed by atoms with van der Waals surface area (Å²) in [4.78, 5) is 14.2. The molecule has 1 aromatic rings. The smallest absolute Gasteiger partial charge is 0.133 e. The summed E-state index contributed by atoms with van der Waals surface area (Å²) in [6.07, 6.45) is 9.30. The highest BCUT2D eigenvalue weighted by Gasteiger charge is 2.26. The topological polar surface area (TPSA) is 20.3 Å². The molecule has 2 heteroatoms. The van der Waals surface area contributed by atoms with Crippen molar-refractivity contribution in [1.82, 2.24) is 4.90 Å². The van der Waals surface area contributed by atoms with Crippen LogP contribution in [0, 0.1) is 5.92 Å². The van der Waals surface area contributed by atoms with Crippen LogP contribution in [0.5, 0.6) is 0 Å². The van der Waals surface area contributed by atoms with Gasteiger partial charge in [0.1, 0.15) is 5.78 Å². The van der Waals surface area contributed by atoms with Gasteiger partial charge in [0.05, 0.1) is 0 Å². The standard InChI is InChI=1S/C19H27NO/c21-19-10-4-8-16(14-19)11-12-18-9-5-13-20(18)15-17-6-2-1-3-7-17/h1-3,6-7,16,18H,4-5,8-15H2/t16-,18-/m0/s1. The van der Waals surface area contributed by atoms with Crippen molar-refractivity contribution in [2.45, 2.75) is 64.0 Å². The molecule has 0 radical (unpaired) electrons. The maximum atomic E-state index is 11.6. The number of Topliss-reactive ketones (excluding diaryl/α,β-unsaturated/α-hetero) is 1. The first-order chi connectivity index (χ1) is 10.3. The van der Waals surface area contributed by atoms with E-state index in [0.29, 0.717) is 11.7 Å². The monoisotopic (exact) mass is 285 g/mol. The molecule has 3 rings (SSSR count). The van der Waals surface area contributed by atoms with E-state index < -0.39 is 0 Å². The highest BCUT2D eigenvalue weighted by molar-refractivity contribution is 5.79. The van der Waals surface area contributed by atoms with Crippen molar-refractivity contribution in [2.75, 3.05) is 6.54 Å². The minimum Gasteiger partial charge on any atom is -0.300 e. The van der Waals surface area contributed by atoms with Crippen LogP contribution in [0.2, 0.25) is 0 Å². The number of hydrogen-bond donors (Lipinski definition) is 0. The quantitative estimate of drug-likeness (QED) is 0.808. The second kappa shape index (κ2) is 7.22. The average molecular weight is 285 g/mol. The lowest BCUT2D eigenvalue weighted by molar-refractivity contribution is -0.121. The highest BCUT2D eigenvalue weighted by atomic mass is 16.1. The Hall–Kier alpha value is -1.15. The molecule has 0 aromatic heterocycles. The van der Waals surface area contributed by atoms with Gasteiger partial charge in [0.2, 0.25) is 0 Å². The van der Waals surface area contributed by atoms with E-state index in [4.69, 9.17) is 0 Å². The summed E-state index contributed by atoms with van der Waals surface area (Å²) in [5, 5.41) is 0. The molecule has 2 aliphatic rings. The molecule has 21 heavy (non-hydrogen) atoms. The van der Waals surface area contributed by atoms with Gasteiger partial charge in [0.25, 0.3) is 0 Å². The van der Waals surface area contributed by atoms with Gasteiger partial charge in [0.15, 0.2) is 0 Å². The van der Waals surface area contributed by atoms with Crippen molar-refractivity contribution in [2.24, 2.45) is 5.92 Å². The van der Waals surface area contributed by atoms with Gasteiger partial charge in [-0.25, -0.2) is 0 Å². The molecule has 2 atom stereocenters. The molecule has 114 valence electrons. The molecule has 1 heterocycles. The number of carbonyl (C=O) groups is 1. The van der Waals surface area contributed by atoms with Crippen molar-refractivity contribution in [1.29, 1.82) is 0 Å². The summed E-state index contributed by atoms with van der Waals surface area (Å²) in [5.74, 6) is 1.17. The van der Waals surface area contributed by atoms with Gasteiger partial charge in [-0.05, 0) is 56.6 Å².